The monoisotopic (exact) mass is 565 g/mol. The summed E-state index contributed by atoms with van der Waals surface area (Å²) in [6.07, 6.45) is -0.301. The summed E-state index contributed by atoms with van der Waals surface area (Å²) in [5.74, 6) is -1.27. The highest BCUT2D eigenvalue weighted by molar-refractivity contribution is 6.01. The lowest BCUT2D eigenvalue weighted by Gasteiger charge is -2.29. The third kappa shape index (κ3) is 8.76. The summed E-state index contributed by atoms with van der Waals surface area (Å²) in [5.41, 5.74) is 1.10. The molecule has 1 atom stereocenters. The quantitative estimate of drug-likeness (QED) is 0.512. The van der Waals surface area contributed by atoms with Crippen LogP contribution in [-0.2, 0) is 25.7 Å². The highest BCUT2D eigenvalue weighted by Gasteiger charge is 2.30. The van der Waals surface area contributed by atoms with Gasteiger partial charge >= 0.3 is 0 Å². The molecule has 0 bridgehead atoms. The van der Waals surface area contributed by atoms with E-state index in [9.17, 15) is 19.2 Å². The number of hydrogen-bond acceptors (Lipinski definition) is 7. The van der Waals surface area contributed by atoms with Crippen molar-refractivity contribution in [3.63, 3.8) is 0 Å². The molecule has 2 N–H and O–H groups in total. The molecule has 220 valence electrons. The summed E-state index contributed by atoms with van der Waals surface area (Å²) in [4.78, 5) is 59.0. The molecular weight excluding hydrogens is 526 g/mol. The van der Waals surface area contributed by atoms with E-state index in [0.29, 0.717) is 45.1 Å². The zero-order chi connectivity index (χ0) is 29.0. The van der Waals surface area contributed by atoms with Gasteiger partial charge in [0.2, 0.25) is 17.7 Å². The molecule has 41 heavy (non-hydrogen) atoms. The molecule has 1 saturated heterocycles. The van der Waals surface area contributed by atoms with Gasteiger partial charge < -0.3 is 29.9 Å². The second-order valence-corrected chi connectivity index (χ2v) is 10.0. The predicted octanol–water partition coefficient (Wildman–Crippen LogP) is 0.893. The maximum Gasteiger partial charge on any atom is 0.255 e. The first-order valence-electron chi connectivity index (χ1n) is 14.1. The third-order valence-electron chi connectivity index (χ3n) is 7.21. The number of hydrogen-bond donors (Lipinski definition) is 2. The SMILES string of the molecule is CCN1CCOc2ccccc2C(=O)N[C@H](C(=O)NCCN2CCOCC2)CC(=O)N(Cc2ccccc2)CC1=O. The molecule has 0 saturated carbocycles. The summed E-state index contributed by atoms with van der Waals surface area (Å²) in [6, 6.07) is 14.9. The minimum atomic E-state index is -1.15. The number of carbonyl (C=O) groups excluding carboxylic acids is 4. The average Bonchev–Trinajstić information content (AvgIpc) is 2.99. The molecule has 0 aromatic heterocycles. The first-order valence-corrected chi connectivity index (χ1v) is 14.1. The predicted molar refractivity (Wildman–Crippen MR) is 152 cm³/mol. The Kier molecular flexibility index (Phi) is 11.1. The largest absolute Gasteiger partial charge is 0.491 e. The van der Waals surface area contributed by atoms with Crippen LogP contribution in [-0.4, -0.2) is 110 Å². The van der Waals surface area contributed by atoms with Crippen LogP contribution >= 0.6 is 0 Å². The number of morpholine rings is 1. The molecule has 4 amide bonds. The van der Waals surface area contributed by atoms with Crippen molar-refractivity contribution in [3.8, 4) is 5.75 Å². The third-order valence-corrected chi connectivity index (χ3v) is 7.21. The zero-order valence-electron chi connectivity index (χ0n) is 23.5. The van der Waals surface area contributed by atoms with Crippen molar-refractivity contribution in [2.45, 2.75) is 25.9 Å². The number of fused-ring (bicyclic) bond motifs is 1. The van der Waals surface area contributed by atoms with Gasteiger partial charge in [0.05, 0.1) is 31.7 Å². The Balaban J connectivity index is 1.57. The number of rotatable bonds is 7. The molecule has 2 aromatic rings. The van der Waals surface area contributed by atoms with Crippen molar-refractivity contribution < 1.29 is 28.7 Å². The Morgan fingerprint density at radius 1 is 0.927 bits per heavy atom. The fourth-order valence-corrected chi connectivity index (χ4v) is 4.84. The van der Waals surface area contributed by atoms with Gasteiger partial charge in [-0.05, 0) is 24.6 Å². The summed E-state index contributed by atoms with van der Waals surface area (Å²) in [7, 11) is 0. The average molecular weight is 566 g/mol. The number of likely N-dealkylation sites (N-methyl/N-ethyl adjacent to an activating group) is 1. The second-order valence-electron chi connectivity index (χ2n) is 10.0. The molecule has 0 aliphatic carbocycles. The van der Waals surface area contributed by atoms with E-state index in [1.165, 1.54) is 4.90 Å². The van der Waals surface area contributed by atoms with Crippen LogP contribution in [0.3, 0.4) is 0 Å². The Morgan fingerprint density at radius 2 is 1.66 bits per heavy atom. The van der Waals surface area contributed by atoms with Gasteiger partial charge in [-0.3, -0.25) is 24.1 Å². The maximum absolute atomic E-state index is 13.7. The van der Waals surface area contributed by atoms with Crippen LogP contribution in [0.5, 0.6) is 5.75 Å². The van der Waals surface area contributed by atoms with Gasteiger partial charge in [-0.15, -0.1) is 0 Å². The topological polar surface area (TPSA) is 121 Å². The van der Waals surface area contributed by atoms with Crippen LogP contribution in [0.25, 0.3) is 0 Å². The van der Waals surface area contributed by atoms with Gasteiger partial charge in [-0.25, -0.2) is 0 Å². The van der Waals surface area contributed by atoms with E-state index in [2.05, 4.69) is 15.5 Å². The molecule has 2 heterocycles. The molecule has 0 unspecified atom stereocenters. The molecular formula is C30H39N5O6. The van der Waals surface area contributed by atoms with Gasteiger partial charge in [0.15, 0.2) is 0 Å². The van der Waals surface area contributed by atoms with Crippen LogP contribution in [0, 0.1) is 0 Å². The van der Waals surface area contributed by atoms with Crippen molar-refractivity contribution in [2.75, 3.05) is 65.6 Å². The van der Waals surface area contributed by atoms with Crippen LogP contribution in [0.2, 0.25) is 0 Å². The van der Waals surface area contributed by atoms with Crippen molar-refractivity contribution in [3.05, 3.63) is 65.7 Å². The van der Waals surface area contributed by atoms with E-state index < -0.39 is 23.8 Å². The molecule has 2 aliphatic heterocycles. The molecule has 0 spiro atoms. The Hall–Kier alpha value is -3.96. The highest BCUT2D eigenvalue weighted by atomic mass is 16.5. The molecule has 0 radical (unpaired) electrons. The van der Waals surface area contributed by atoms with Gasteiger partial charge in [0.25, 0.3) is 5.91 Å². The maximum atomic E-state index is 13.7. The number of nitrogens with one attached hydrogen (secondary N) is 2. The van der Waals surface area contributed by atoms with Gasteiger partial charge in [0, 0.05) is 39.3 Å². The van der Waals surface area contributed by atoms with E-state index in [0.717, 1.165) is 18.7 Å². The standard InChI is InChI=1S/C30H39N5O6/c1-2-34-16-19-41-26-11-7-6-10-24(26)29(38)32-25(30(39)31-12-13-33-14-17-40-18-15-33)20-27(36)35(22-28(34)37)21-23-8-4-3-5-9-23/h3-11,25H,2,12-22H2,1H3,(H,31,39)(H,32,38)/t25-/m0/s1. The Morgan fingerprint density at radius 3 is 2.41 bits per heavy atom. The highest BCUT2D eigenvalue weighted by Crippen LogP contribution is 2.19. The molecule has 1 fully saturated rings. The minimum Gasteiger partial charge on any atom is -0.491 e. The Labute approximate surface area is 240 Å². The van der Waals surface area contributed by atoms with E-state index >= 15 is 0 Å². The fourth-order valence-electron chi connectivity index (χ4n) is 4.84. The number of carbonyl (C=O) groups is 4. The number of amides is 4. The van der Waals surface area contributed by atoms with E-state index in [1.807, 2.05) is 37.3 Å². The number of ether oxygens (including phenoxy) is 2. The number of para-hydroxylation sites is 1. The van der Waals surface area contributed by atoms with Crippen molar-refractivity contribution >= 4 is 23.6 Å². The Bertz CT molecular complexity index is 1190. The first kappa shape index (κ1) is 30.0. The van der Waals surface area contributed by atoms with Crippen molar-refractivity contribution in [2.24, 2.45) is 0 Å². The summed E-state index contributed by atoms with van der Waals surface area (Å²) in [6.45, 7) is 6.65. The van der Waals surface area contributed by atoms with Gasteiger partial charge in [0.1, 0.15) is 24.9 Å². The molecule has 11 heteroatoms. The lowest BCUT2D eigenvalue weighted by Crippen LogP contribution is -2.52. The normalized spacial score (nSPS) is 19.5. The van der Waals surface area contributed by atoms with Gasteiger partial charge in [-0.2, -0.15) is 0 Å². The lowest BCUT2D eigenvalue weighted by molar-refractivity contribution is -0.142. The van der Waals surface area contributed by atoms with Crippen molar-refractivity contribution in [1.82, 2.24) is 25.3 Å². The summed E-state index contributed by atoms with van der Waals surface area (Å²) >= 11 is 0. The van der Waals surface area contributed by atoms with E-state index in [1.54, 1.807) is 29.2 Å². The fraction of sp³-hybridized carbons (Fsp3) is 0.467. The van der Waals surface area contributed by atoms with Crippen molar-refractivity contribution in [1.29, 1.82) is 0 Å². The van der Waals surface area contributed by atoms with E-state index in [4.69, 9.17) is 9.47 Å². The van der Waals surface area contributed by atoms with Crippen LogP contribution in [0.4, 0.5) is 0 Å². The van der Waals surface area contributed by atoms with Crippen LogP contribution < -0.4 is 15.4 Å². The molecule has 2 aromatic carbocycles. The van der Waals surface area contributed by atoms with E-state index in [-0.39, 0.29) is 37.6 Å². The minimum absolute atomic E-state index is 0.155. The van der Waals surface area contributed by atoms with Gasteiger partial charge in [-0.1, -0.05) is 42.5 Å². The molecule has 4 rings (SSSR count). The number of benzene rings is 2. The zero-order valence-corrected chi connectivity index (χ0v) is 23.5. The second kappa shape index (κ2) is 15.2. The summed E-state index contributed by atoms with van der Waals surface area (Å²) < 4.78 is 11.3. The first-order chi connectivity index (χ1) is 19.9. The molecule has 2 aliphatic rings. The van der Waals surface area contributed by atoms with Crippen LogP contribution in [0.15, 0.2) is 54.6 Å². The summed E-state index contributed by atoms with van der Waals surface area (Å²) in [5, 5.41) is 5.63. The van der Waals surface area contributed by atoms with Crippen LogP contribution in [0.1, 0.15) is 29.3 Å². The number of nitrogens with zero attached hydrogens (tertiary/aromatic N) is 3. The lowest BCUT2D eigenvalue weighted by atomic mass is 10.1. The molecule has 11 nitrogen and oxygen atoms in total. The smallest absolute Gasteiger partial charge is 0.255 e.